The Morgan fingerprint density at radius 3 is 2.44 bits per heavy atom. The van der Waals surface area contributed by atoms with Gasteiger partial charge < -0.3 is 10.1 Å². The molecule has 0 spiro atoms. The van der Waals surface area contributed by atoms with Gasteiger partial charge in [-0.15, -0.1) is 0 Å². The highest BCUT2D eigenvalue weighted by Crippen LogP contribution is 2.24. The SMILES string of the molecule is CC(=O)CC(C=O)NC(=O)C1CCCN2C(=O)CCN(NC(=O)c3cc(Cl)cc(Cl)c3)C(=O)N12. The highest BCUT2D eigenvalue weighted by atomic mass is 35.5. The Bertz CT molecular complexity index is 1010. The molecule has 1 aromatic rings. The molecule has 0 radical (unpaired) electrons. The number of Topliss-reactive ketones (excluding diaryl/α,β-unsaturated/α-hetero) is 1. The van der Waals surface area contributed by atoms with Gasteiger partial charge in [0.1, 0.15) is 18.1 Å². The second-order valence-corrected chi connectivity index (χ2v) is 8.83. The Kier molecular flexibility index (Phi) is 8.11. The standard InChI is InChI=1S/C21H23Cl2N5O6/c1-12(30)7-16(11-29)24-20(33)17-3-2-5-27-18(31)4-6-26(21(34)28(17)27)25-19(32)13-8-14(22)10-15(23)9-13/h8-11,16-17H,2-7H2,1H3,(H,24,33)(H,25,32). The van der Waals surface area contributed by atoms with Gasteiger partial charge in [-0.25, -0.2) is 19.8 Å². The Balaban J connectivity index is 1.82. The van der Waals surface area contributed by atoms with E-state index in [1.54, 1.807) is 0 Å². The largest absolute Gasteiger partial charge is 0.358 e. The van der Waals surface area contributed by atoms with Crippen LogP contribution in [0.4, 0.5) is 4.79 Å². The second kappa shape index (κ2) is 10.8. The van der Waals surface area contributed by atoms with E-state index in [4.69, 9.17) is 23.2 Å². The molecule has 0 saturated carbocycles. The van der Waals surface area contributed by atoms with Crippen molar-refractivity contribution in [3.63, 3.8) is 0 Å². The number of rotatable bonds is 7. The molecule has 13 heteroatoms. The number of ketones is 1. The van der Waals surface area contributed by atoms with Gasteiger partial charge in [-0.05, 0) is 38.0 Å². The molecule has 2 aliphatic rings. The van der Waals surface area contributed by atoms with Crippen molar-refractivity contribution < 1.29 is 28.8 Å². The van der Waals surface area contributed by atoms with Gasteiger partial charge in [-0.3, -0.25) is 24.6 Å². The zero-order valence-corrected chi connectivity index (χ0v) is 19.8. The van der Waals surface area contributed by atoms with Crippen LogP contribution in [0.3, 0.4) is 0 Å². The lowest BCUT2D eigenvalue weighted by molar-refractivity contribution is -0.155. The molecule has 11 nitrogen and oxygen atoms in total. The summed E-state index contributed by atoms with van der Waals surface area (Å²) in [7, 11) is 0. The van der Waals surface area contributed by atoms with Crippen molar-refractivity contribution in [2.45, 2.75) is 44.7 Å². The van der Waals surface area contributed by atoms with Gasteiger partial charge in [-0.1, -0.05) is 23.2 Å². The van der Waals surface area contributed by atoms with E-state index in [1.165, 1.54) is 30.1 Å². The van der Waals surface area contributed by atoms with E-state index >= 15 is 0 Å². The number of hydrazine groups is 2. The maximum absolute atomic E-state index is 13.4. The molecule has 5 amide bonds. The van der Waals surface area contributed by atoms with Gasteiger partial charge in [-0.2, -0.15) is 0 Å². The van der Waals surface area contributed by atoms with E-state index in [0.717, 1.165) is 10.0 Å². The molecule has 3 rings (SSSR count). The van der Waals surface area contributed by atoms with E-state index in [0.29, 0.717) is 12.7 Å². The number of carbonyl (C=O) groups excluding carboxylic acids is 6. The minimum Gasteiger partial charge on any atom is -0.344 e. The maximum atomic E-state index is 13.4. The number of fused-ring (bicyclic) bond motifs is 1. The lowest BCUT2D eigenvalue weighted by atomic mass is 10.1. The quantitative estimate of drug-likeness (QED) is 0.530. The Morgan fingerprint density at radius 1 is 1.15 bits per heavy atom. The lowest BCUT2D eigenvalue weighted by Crippen LogP contribution is -2.64. The van der Waals surface area contributed by atoms with Crippen LogP contribution in [0.25, 0.3) is 0 Å². The molecule has 2 saturated heterocycles. The third-order valence-corrected chi connectivity index (χ3v) is 5.77. The van der Waals surface area contributed by atoms with Gasteiger partial charge in [0.15, 0.2) is 0 Å². The molecule has 34 heavy (non-hydrogen) atoms. The molecule has 0 bridgehead atoms. The predicted octanol–water partition coefficient (Wildman–Crippen LogP) is 1.33. The first-order valence-electron chi connectivity index (χ1n) is 10.5. The molecule has 1 aromatic carbocycles. The van der Waals surface area contributed by atoms with Crippen molar-refractivity contribution in [2.75, 3.05) is 13.1 Å². The molecule has 0 aromatic heterocycles. The first-order valence-corrected chi connectivity index (χ1v) is 11.3. The topological polar surface area (TPSA) is 136 Å². The predicted molar refractivity (Wildman–Crippen MR) is 121 cm³/mol. The number of urea groups is 1. The molecular weight excluding hydrogens is 489 g/mol. The Hall–Kier alpha value is -3.18. The molecule has 182 valence electrons. The van der Waals surface area contributed by atoms with Crippen LogP contribution in [0.1, 0.15) is 43.0 Å². The van der Waals surface area contributed by atoms with Crippen LogP contribution < -0.4 is 10.7 Å². The Morgan fingerprint density at radius 2 is 1.82 bits per heavy atom. The van der Waals surface area contributed by atoms with E-state index in [-0.39, 0.29) is 53.7 Å². The third kappa shape index (κ3) is 5.84. The smallest absolute Gasteiger partial charge is 0.344 e. The molecule has 2 fully saturated rings. The summed E-state index contributed by atoms with van der Waals surface area (Å²) < 4.78 is 0. The van der Waals surface area contributed by atoms with E-state index < -0.39 is 35.8 Å². The summed E-state index contributed by atoms with van der Waals surface area (Å²) >= 11 is 11.9. The average Bonchev–Trinajstić information content (AvgIpc) is 2.89. The third-order valence-electron chi connectivity index (χ3n) is 5.33. The van der Waals surface area contributed by atoms with Crippen LogP contribution >= 0.6 is 23.2 Å². The summed E-state index contributed by atoms with van der Waals surface area (Å²) in [6.07, 6.45) is 0.827. The summed E-state index contributed by atoms with van der Waals surface area (Å²) in [5.74, 6) is -2.05. The van der Waals surface area contributed by atoms with Crippen LogP contribution in [-0.4, -0.2) is 76.0 Å². The van der Waals surface area contributed by atoms with Crippen LogP contribution in [-0.2, 0) is 19.2 Å². The minimum atomic E-state index is -1.11. The zero-order chi connectivity index (χ0) is 25.0. The van der Waals surface area contributed by atoms with Crippen molar-refractivity contribution in [1.29, 1.82) is 0 Å². The van der Waals surface area contributed by atoms with Crippen molar-refractivity contribution in [3.05, 3.63) is 33.8 Å². The number of carbonyl (C=O) groups is 6. The van der Waals surface area contributed by atoms with Gasteiger partial charge in [0, 0.05) is 35.0 Å². The van der Waals surface area contributed by atoms with Crippen LogP contribution in [0, 0.1) is 0 Å². The number of nitrogens with one attached hydrogen (secondary N) is 2. The fourth-order valence-corrected chi connectivity index (χ4v) is 4.34. The number of amides is 5. The van der Waals surface area contributed by atoms with Crippen molar-refractivity contribution in [3.8, 4) is 0 Å². The van der Waals surface area contributed by atoms with Crippen molar-refractivity contribution in [2.24, 2.45) is 0 Å². The van der Waals surface area contributed by atoms with Gasteiger partial charge >= 0.3 is 6.03 Å². The summed E-state index contributed by atoms with van der Waals surface area (Å²) in [5.41, 5.74) is 2.55. The highest BCUT2D eigenvalue weighted by molar-refractivity contribution is 6.35. The van der Waals surface area contributed by atoms with Crippen molar-refractivity contribution in [1.82, 2.24) is 25.8 Å². The number of hydrogen-bond donors (Lipinski definition) is 2. The van der Waals surface area contributed by atoms with Gasteiger partial charge in [0.25, 0.3) is 5.91 Å². The van der Waals surface area contributed by atoms with Crippen molar-refractivity contribution >= 4 is 59.0 Å². The summed E-state index contributed by atoms with van der Waals surface area (Å²) in [5, 5.41) is 6.03. The number of nitrogens with zero attached hydrogens (tertiary/aromatic N) is 3. The molecular formula is C21H23Cl2N5O6. The van der Waals surface area contributed by atoms with E-state index in [2.05, 4.69) is 10.7 Å². The highest BCUT2D eigenvalue weighted by Gasteiger charge is 2.44. The minimum absolute atomic E-state index is 0.0888. The molecule has 0 aliphatic carbocycles. The first kappa shape index (κ1) is 25.4. The number of halogens is 2. The summed E-state index contributed by atoms with van der Waals surface area (Å²) in [6, 6.07) is 1.23. The van der Waals surface area contributed by atoms with E-state index in [1.807, 2.05) is 0 Å². The van der Waals surface area contributed by atoms with E-state index in [9.17, 15) is 28.8 Å². The molecule has 2 atom stereocenters. The fraction of sp³-hybridized carbons (Fsp3) is 0.429. The lowest BCUT2D eigenvalue weighted by Gasteiger charge is -2.43. The molecule has 2 heterocycles. The summed E-state index contributed by atoms with van der Waals surface area (Å²) in [4.78, 5) is 74.4. The van der Waals surface area contributed by atoms with Crippen LogP contribution in [0.15, 0.2) is 18.2 Å². The van der Waals surface area contributed by atoms with Gasteiger partial charge in [0.2, 0.25) is 11.8 Å². The number of hydrogen-bond acceptors (Lipinski definition) is 6. The second-order valence-electron chi connectivity index (χ2n) is 7.96. The van der Waals surface area contributed by atoms with Crippen LogP contribution in [0.5, 0.6) is 0 Å². The normalized spacial score (nSPS) is 19.1. The number of aldehydes is 1. The number of benzene rings is 1. The maximum Gasteiger partial charge on any atom is 0.358 e. The van der Waals surface area contributed by atoms with Crippen LogP contribution in [0.2, 0.25) is 10.0 Å². The zero-order valence-electron chi connectivity index (χ0n) is 18.3. The molecule has 2 unspecified atom stereocenters. The monoisotopic (exact) mass is 511 g/mol. The summed E-state index contributed by atoms with van der Waals surface area (Å²) in [6.45, 7) is 1.38. The molecule has 2 aliphatic heterocycles. The van der Waals surface area contributed by atoms with Gasteiger partial charge in [0.05, 0.1) is 12.6 Å². The first-order chi connectivity index (χ1) is 16.1. The molecule has 2 N–H and O–H groups in total. The average molecular weight is 512 g/mol. The fourth-order valence-electron chi connectivity index (χ4n) is 3.81. The Labute approximate surface area is 205 Å².